The van der Waals surface area contributed by atoms with Gasteiger partial charge in [-0.1, -0.05) is 35.1 Å². The van der Waals surface area contributed by atoms with Crippen LogP contribution in [0.4, 0.5) is 8.78 Å². The molecule has 1 heterocycles. The van der Waals surface area contributed by atoms with E-state index in [4.69, 9.17) is 0 Å². The van der Waals surface area contributed by atoms with E-state index in [1.165, 1.54) is 12.8 Å². The highest BCUT2D eigenvalue weighted by atomic mass is 19.3. The summed E-state index contributed by atoms with van der Waals surface area (Å²) >= 11 is 0. The Labute approximate surface area is 126 Å². The van der Waals surface area contributed by atoms with Gasteiger partial charge in [0.1, 0.15) is 0 Å². The molecular weight excluding hydrogens is 290 g/mol. The predicted octanol–water partition coefficient (Wildman–Crippen LogP) is 1.50. The first-order valence-corrected chi connectivity index (χ1v) is 7.33. The zero-order valence-electron chi connectivity index (χ0n) is 12.0. The molecule has 0 saturated heterocycles. The second kappa shape index (κ2) is 6.89. The van der Waals surface area contributed by atoms with Crippen LogP contribution in [0.5, 0.6) is 0 Å². The maximum Gasteiger partial charge on any atom is 0.350 e. The summed E-state index contributed by atoms with van der Waals surface area (Å²) in [6, 6.07) is 9.79. The van der Waals surface area contributed by atoms with E-state index in [1.54, 1.807) is 0 Å². The van der Waals surface area contributed by atoms with Crippen molar-refractivity contribution in [3.8, 4) is 0 Å². The summed E-state index contributed by atoms with van der Waals surface area (Å²) in [5.74, 6) is 0.248. The number of aromatic nitrogens is 4. The number of nitrogens with zero attached hydrogens (tertiary/aromatic N) is 4. The number of rotatable bonds is 8. The molecule has 3 rings (SSSR count). The van der Waals surface area contributed by atoms with E-state index in [1.807, 2.05) is 30.3 Å². The summed E-state index contributed by atoms with van der Waals surface area (Å²) in [6.45, 7) is -1.27. The normalized spacial score (nSPS) is 16.1. The van der Waals surface area contributed by atoms with Crippen LogP contribution in [-0.4, -0.2) is 39.3 Å². The maximum absolute atomic E-state index is 12.6. The molecule has 0 radical (unpaired) electrons. The van der Waals surface area contributed by atoms with Gasteiger partial charge in [0, 0.05) is 19.1 Å². The van der Waals surface area contributed by atoms with Gasteiger partial charge < -0.3 is 10.6 Å². The summed E-state index contributed by atoms with van der Waals surface area (Å²) in [6.07, 6.45) is 2.46. The van der Waals surface area contributed by atoms with Gasteiger partial charge in [0.25, 0.3) is 0 Å². The summed E-state index contributed by atoms with van der Waals surface area (Å²) in [5, 5.41) is 17.6. The molecule has 0 unspecified atom stereocenters. The van der Waals surface area contributed by atoms with Crippen LogP contribution in [0.3, 0.4) is 0 Å². The largest absolute Gasteiger partial charge is 0.350 e. The van der Waals surface area contributed by atoms with Crippen molar-refractivity contribution in [3.63, 3.8) is 0 Å². The van der Waals surface area contributed by atoms with E-state index < -0.39 is 6.55 Å². The fourth-order valence-electron chi connectivity index (χ4n) is 2.22. The number of halogens is 2. The number of nitrogens with one attached hydrogen (secondary N) is 2. The van der Waals surface area contributed by atoms with Gasteiger partial charge in [0.2, 0.25) is 0 Å². The minimum atomic E-state index is -2.78. The van der Waals surface area contributed by atoms with Crippen LogP contribution in [0.25, 0.3) is 0 Å². The highest BCUT2D eigenvalue weighted by Crippen LogP contribution is 2.20. The van der Waals surface area contributed by atoms with Crippen LogP contribution in [0.2, 0.25) is 0 Å². The third-order valence-corrected chi connectivity index (χ3v) is 3.49. The summed E-state index contributed by atoms with van der Waals surface area (Å²) in [5.41, 5.74) is 0.919. The molecule has 0 bridgehead atoms. The quantitative estimate of drug-likeness (QED) is 0.723. The molecule has 2 aromatic rings. The first-order chi connectivity index (χ1) is 10.7. The maximum atomic E-state index is 12.6. The second-order valence-electron chi connectivity index (χ2n) is 5.27. The van der Waals surface area contributed by atoms with E-state index in [-0.39, 0.29) is 11.9 Å². The molecule has 2 N–H and O–H groups in total. The van der Waals surface area contributed by atoms with Gasteiger partial charge in [-0.2, -0.15) is 8.78 Å². The lowest BCUT2D eigenvalue weighted by molar-refractivity contribution is 0.0393. The number of tetrazole rings is 1. The van der Waals surface area contributed by atoms with Crippen molar-refractivity contribution in [2.75, 3.05) is 13.1 Å². The average Bonchev–Trinajstić information content (AvgIpc) is 3.22. The second-order valence-corrected chi connectivity index (χ2v) is 5.27. The number of hydrogen-bond donors (Lipinski definition) is 2. The van der Waals surface area contributed by atoms with E-state index in [0.29, 0.717) is 17.4 Å². The molecule has 1 fully saturated rings. The number of hydrogen-bond acceptors (Lipinski definition) is 5. The third kappa shape index (κ3) is 3.83. The van der Waals surface area contributed by atoms with Crippen molar-refractivity contribution in [3.05, 3.63) is 41.7 Å². The van der Waals surface area contributed by atoms with Gasteiger partial charge in [0.05, 0.1) is 6.04 Å². The molecule has 1 aromatic carbocycles. The third-order valence-electron chi connectivity index (χ3n) is 3.49. The molecule has 0 amide bonds. The fraction of sp³-hybridized carbons (Fsp3) is 0.500. The fourth-order valence-corrected chi connectivity index (χ4v) is 2.22. The molecule has 1 aliphatic rings. The molecule has 118 valence electrons. The average molecular weight is 308 g/mol. The van der Waals surface area contributed by atoms with Crippen molar-refractivity contribution in [2.45, 2.75) is 31.5 Å². The smallest absolute Gasteiger partial charge is 0.313 e. The Morgan fingerprint density at radius 2 is 1.95 bits per heavy atom. The van der Waals surface area contributed by atoms with Gasteiger partial charge in [-0.05, 0) is 23.6 Å². The van der Waals surface area contributed by atoms with Gasteiger partial charge in [0.15, 0.2) is 5.82 Å². The zero-order chi connectivity index (χ0) is 15.4. The lowest BCUT2D eigenvalue weighted by Gasteiger charge is -2.16. The van der Waals surface area contributed by atoms with Crippen molar-refractivity contribution in [2.24, 2.45) is 0 Å². The lowest BCUT2D eigenvalue weighted by Crippen LogP contribution is -2.32. The number of benzene rings is 1. The Balaban J connectivity index is 1.69. The highest BCUT2D eigenvalue weighted by molar-refractivity contribution is 5.23. The minimum Gasteiger partial charge on any atom is -0.313 e. The molecule has 6 nitrogen and oxygen atoms in total. The van der Waals surface area contributed by atoms with Crippen molar-refractivity contribution < 1.29 is 8.78 Å². The van der Waals surface area contributed by atoms with Crippen LogP contribution in [0, 0.1) is 0 Å². The Kier molecular flexibility index (Phi) is 4.69. The van der Waals surface area contributed by atoms with Gasteiger partial charge >= 0.3 is 6.55 Å². The molecule has 1 aromatic heterocycles. The zero-order valence-corrected chi connectivity index (χ0v) is 12.0. The first-order valence-electron chi connectivity index (χ1n) is 7.33. The Morgan fingerprint density at radius 3 is 2.59 bits per heavy atom. The van der Waals surface area contributed by atoms with Gasteiger partial charge in [-0.15, -0.1) is 10.2 Å². The number of alkyl halides is 2. The van der Waals surface area contributed by atoms with Crippen LogP contribution < -0.4 is 10.6 Å². The first kappa shape index (κ1) is 15.0. The summed E-state index contributed by atoms with van der Waals surface area (Å²) < 4.78 is 25.2. The Hall–Kier alpha value is -1.93. The minimum absolute atomic E-state index is 0.248. The Bertz CT molecular complexity index is 584. The molecule has 22 heavy (non-hydrogen) atoms. The SMILES string of the molecule is FC(F)n1nnc([C@@H](NCCNC2CC2)c2ccccc2)n1. The molecular formula is C14H18F2N6. The molecule has 0 spiro atoms. The van der Waals surface area contributed by atoms with Gasteiger partial charge in [-0.25, -0.2) is 0 Å². The van der Waals surface area contributed by atoms with Crippen molar-refractivity contribution in [1.29, 1.82) is 0 Å². The van der Waals surface area contributed by atoms with E-state index >= 15 is 0 Å². The molecule has 1 atom stereocenters. The van der Waals surface area contributed by atoms with E-state index in [0.717, 1.165) is 12.1 Å². The lowest BCUT2D eigenvalue weighted by atomic mass is 10.1. The van der Waals surface area contributed by atoms with E-state index in [2.05, 4.69) is 26.0 Å². The van der Waals surface area contributed by atoms with E-state index in [9.17, 15) is 8.78 Å². The van der Waals surface area contributed by atoms with Crippen molar-refractivity contribution in [1.82, 2.24) is 30.8 Å². The van der Waals surface area contributed by atoms with Crippen LogP contribution in [0.1, 0.15) is 36.8 Å². The van der Waals surface area contributed by atoms with Crippen molar-refractivity contribution >= 4 is 0 Å². The van der Waals surface area contributed by atoms with Crippen LogP contribution in [0.15, 0.2) is 30.3 Å². The highest BCUT2D eigenvalue weighted by Gasteiger charge is 2.22. The predicted molar refractivity (Wildman–Crippen MR) is 76.4 cm³/mol. The molecule has 0 aliphatic heterocycles. The topological polar surface area (TPSA) is 67.7 Å². The monoisotopic (exact) mass is 308 g/mol. The Morgan fingerprint density at radius 1 is 1.18 bits per heavy atom. The summed E-state index contributed by atoms with van der Waals surface area (Å²) in [7, 11) is 0. The van der Waals surface area contributed by atoms with Gasteiger partial charge in [-0.3, -0.25) is 0 Å². The molecule has 8 heteroatoms. The summed E-state index contributed by atoms with van der Waals surface area (Å²) in [4.78, 5) is 0.329. The molecule has 1 saturated carbocycles. The van der Waals surface area contributed by atoms with Crippen LogP contribution in [-0.2, 0) is 0 Å². The molecule has 1 aliphatic carbocycles. The standard InChI is InChI=1S/C14H18F2N6/c15-14(16)22-20-13(19-21-22)12(10-4-2-1-3-5-10)18-9-8-17-11-6-7-11/h1-5,11-12,14,17-18H,6-9H2/t12-/m0/s1. The van der Waals surface area contributed by atoms with Crippen LogP contribution >= 0.6 is 0 Å².